The zero-order valence-electron chi connectivity index (χ0n) is 25.1. The van der Waals surface area contributed by atoms with E-state index in [1.54, 1.807) is 12.1 Å². The number of carboxylic acid groups (broad SMARTS) is 2. The monoisotopic (exact) mass is 622 g/mol. The highest BCUT2D eigenvalue weighted by atomic mass is 16.4. The van der Waals surface area contributed by atoms with E-state index in [1.807, 2.05) is 97.1 Å². The van der Waals surface area contributed by atoms with Gasteiger partial charge in [-0.05, 0) is 88.9 Å². The third-order valence-corrected chi connectivity index (χ3v) is 9.65. The number of carboxylic acids is 2. The molecule has 6 heteroatoms. The van der Waals surface area contributed by atoms with Gasteiger partial charge in [0.1, 0.15) is 0 Å². The average Bonchev–Trinajstić information content (AvgIpc) is 3.11. The summed E-state index contributed by atoms with van der Waals surface area (Å²) in [5, 5.41) is 31.5. The van der Waals surface area contributed by atoms with Crippen LogP contribution >= 0.6 is 0 Å². The zero-order chi connectivity index (χ0) is 32.8. The van der Waals surface area contributed by atoms with Crippen molar-refractivity contribution in [3.8, 4) is 0 Å². The smallest absolute Gasteiger partial charge is 0.336 e. The van der Waals surface area contributed by atoms with Gasteiger partial charge in [-0.2, -0.15) is 0 Å². The fourth-order valence-electron chi connectivity index (χ4n) is 7.49. The van der Waals surface area contributed by atoms with Crippen LogP contribution in [0.1, 0.15) is 52.6 Å². The maximum absolute atomic E-state index is 14.3. The Morgan fingerprint density at radius 1 is 0.333 bits per heavy atom. The Morgan fingerprint density at radius 2 is 0.646 bits per heavy atom. The van der Waals surface area contributed by atoms with Gasteiger partial charge >= 0.3 is 11.9 Å². The number of rotatable bonds is 6. The Labute approximate surface area is 271 Å². The van der Waals surface area contributed by atoms with Crippen LogP contribution in [0.15, 0.2) is 121 Å². The average molecular weight is 623 g/mol. The van der Waals surface area contributed by atoms with Gasteiger partial charge in [0.25, 0.3) is 0 Å². The van der Waals surface area contributed by atoms with Crippen LogP contribution < -0.4 is 0 Å². The summed E-state index contributed by atoms with van der Waals surface area (Å²) in [6.07, 6.45) is 0. The number of hydrogen-bond acceptors (Lipinski definition) is 4. The van der Waals surface area contributed by atoms with E-state index in [4.69, 9.17) is 0 Å². The molecule has 2 N–H and O–H groups in total. The van der Waals surface area contributed by atoms with E-state index in [1.165, 1.54) is 0 Å². The van der Waals surface area contributed by atoms with Crippen molar-refractivity contribution in [2.45, 2.75) is 0 Å². The molecule has 0 heterocycles. The Kier molecular flexibility index (Phi) is 5.71. The van der Waals surface area contributed by atoms with Crippen LogP contribution in [0, 0.1) is 0 Å². The van der Waals surface area contributed by atoms with Crippen molar-refractivity contribution in [3.05, 3.63) is 155 Å². The molecule has 226 valence electrons. The molecule has 0 spiro atoms. The first kappa shape index (κ1) is 27.6. The van der Waals surface area contributed by atoms with Gasteiger partial charge in [-0.1, -0.05) is 97.1 Å². The van der Waals surface area contributed by atoms with E-state index >= 15 is 0 Å². The summed E-state index contributed by atoms with van der Waals surface area (Å²) in [6, 6.07) is 36.4. The first-order valence-corrected chi connectivity index (χ1v) is 15.4. The first-order chi connectivity index (χ1) is 23.3. The van der Waals surface area contributed by atoms with Crippen LogP contribution in [-0.4, -0.2) is 33.7 Å². The first-order valence-electron chi connectivity index (χ1n) is 15.4. The number of ketones is 2. The fourth-order valence-corrected chi connectivity index (χ4v) is 7.49. The van der Waals surface area contributed by atoms with Gasteiger partial charge in [0.2, 0.25) is 0 Å². The summed E-state index contributed by atoms with van der Waals surface area (Å²) in [4.78, 5) is 54.0. The van der Waals surface area contributed by atoms with E-state index in [0.29, 0.717) is 10.8 Å². The molecule has 0 aliphatic heterocycles. The molecule has 9 aromatic rings. The van der Waals surface area contributed by atoms with E-state index in [9.17, 15) is 29.4 Å². The lowest BCUT2D eigenvalue weighted by molar-refractivity contribution is 0.0677. The van der Waals surface area contributed by atoms with Crippen LogP contribution in [0.25, 0.3) is 64.6 Å². The van der Waals surface area contributed by atoms with Crippen molar-refractivity contribution in [3.63, 3.8) is 0 Å². The van der Waals surface area contributed by atoms with Gasteiger partial charge in [0.15, 0.2) is 11.6 Å². The van der Waals surface area contributed by atoms with Crippen LogP contribution in [0.2, 0.25) is 0 Å². The quantitative estimate of drug-likeness (QED) is 0.141. The summed E-state index contributed by atoms with van der Waals surface area (Å²) in [5.41, 5.74) is -1.02. The minimum atomic E-state index is -1.45. The molecule has 0 bridgehead atoms. The van der Waals surface area contributed by atoms with Gasteiger partial charge in [-0.15, -0.1) is 0 Å². The lowest BCUT2D eigenvalue weighted by Gasteiger charge is -2.16. The number of carbonyl (C=O) groups is 4. The molecule has 0 aliphatic rings. The summed E-state index contributed by atoms with van der Waals surface area (Å²) in [6.45, 7) is 0. The van der Waals surface area contributed by atoms with Gasteiger partial charge in [-0.25, -0.2) is 9.59 Å². The van der Waals surface area contributed by atoms with Gasteiger partial charge in [-0.3, -0.25) is 9.59 Å². The van der Waals surface area contributed by atoms with Crippen LogP contribution in [0.4, 0.5) is 0 Å². The molecule has 6 nitrogen and oxygen atoms in total. The Morgan fingerprint density at radius 3 is 1.00 bits per heavy atom. The highest BCUT2D eigenvalue weighted by Crippen LogP contribution is 2.39. The Hall–Kier alpha value is -6.66. The molecular weight excluding hydrogens is 600 g/mol. The molecule has 0 radical (unpaired) electrons. The maximum atomic E-state index is 14.3. The van der Waals surface area contributed by atoms with Crippen LogP contribution in [-0.2, 0) is 0 Å². The summed E-state index contributed by atoms with van der Waals surface area (Å²) < 4.78 is 0. The topological polar surface area (TPSA) is 109 Å². The molecule has 9 rings (SSSR count). The van der Waals surface area contributed by atoms with Crippen molar-refractivity contribution in [1.82, 2.24) is 0 Å². The highest BCUT2D eigenvalue weighted by molar-refractivity contribution is 6.31. The molecular formula is C42H22O6. The molecule has 0 aliphatic carbocycles. The predicted molar refractivity (Wildman–Crippen MR) is 188 cm³/mol. The van der Waals surface area contributed by atoms with Crippen molar-refractivity contribution < 1.29 is 29.4 Å². The van der Waals surface area contributed by atoms with Crippen LogP contribution in [0.3, 0.4) is 0 Å². The SMILES string of the molecule is O=C(O)c1cc(C(=O)c2ccc3ccc4cccc5ccc2c3c45)c(C(=O)O)cc1C(=O)c1ccc2ccc3cccc4ccc1c2c34. The predicted octanol–water partition coefficient (Wildman–Crippen LogP) is 9.34. The summed E-state index contributed by atoms with van der Waals surface area (Å²) >= 11 is 0. The summed E-state index contributed by atoms with van der Waals surface area (Å²) in [7, 11) is 0. The lowest BCUT2D eigenvalue weighted by Crippen LogP contribution is -2.17. The van der Waals surface area contributed by atoms with Crippen molar-refractivity contribution in [2.24, 2.45) is 0 Å². The van der Waals surface area contributed by atoms with Gasteiger partial charge in [0, 0.05) is 22.3 Å². The molecule has 0 fully saturated rings. The van der Waals surface area contributed by atoms with Crippen LogP contribution in [0.5, 0.6) is 0 Å². The molecule has 0 saturated heterocycles. The molecule has 48 heavy (non-hydrogen) atoms. The van der Waals surface area contributed by atoms with Crippen molar-refractivity contribution in [2.75, 3.05) is 0 Å². The second-order valence-electron chi connectivity index (χ2n) is 12.2. The van der Waals surface area contributed by atoms with E-state index < -0.39 is 34.6 Å². The number of hydrogen-bond donors (Lipinski definition) is 2. The molecule has 9 aromatic carbocycles. The fraction of sp³-hybridized carbons (Fsp3) is 0. The zero-order valence-corrected chi connectivity index (χ0v) is 25.1. The number of aromatic carboxylic acids is 2. The second kappa shape index (κ2) is 9.92. The molecule has 0 amide bonds. The Balaban J connectivity index is 1.24. The minimum Gasteiger partial charge on any atom is -0.478 e. The third kappa shape index (κ3) is 3.80. The van der Waals surface area contributed by atoms with Crippen molar-refractivity contribution >= 4 is 88.1 Å². The normalized spacial score (nSPS) is 11.8. The van der Waals surface area contributed by atoms with Gasteiger partial charge < -0.3 is 10.2 Å². The minimum absolute atomic E-state index is 0.241. The van der Waals surface area contributed by atoms with E-state index in [0.717, 1.165) is 66.0 Å². The Bertz CT molecular complexity index is 2650. The van der Waals surface area contributed by atoms with Gasteiger partial charge in [0.05, 0.1) is 11.1 Å². The molecule has 0 atom stereocenters. The molecule has 0 unspecified atom stereocenters. The second-order valence-corrected chi connectivity index (χ2v) is 12.2. The van der Waals surface area contributed by atoms with E-state index in [2.05, 4.69) is 0 Å². The standard InChI is InChI=1S/C42H22O6/c43-39(29-17-13-25-9-7-21-3-1-5-23-11-15-27(29)37(25)35(21)23)31-19-34(42(47)48)32(20-33(31)41(45)46)40(44)30-18-14-26-10-8-22-4-2-6-24-12-16-28(30)38(26)36(22)24/h1-20H,(H,45,46)(H,47,48). The van der Waals surface area contributed by atoms with Crippen molar-refractivity contribution in [1.29, 1.82) is 0 Å². The maximum Gasteiger partial charge on any atom is 0.336 e. The molecule has 0 saturated carbocycles. The number of benzene rings is 9. The largest absolute Gasteiger partial charge is 0.478 e. The molecule has 0 aromatic heterocycles. The number of carbonyl (C=O) groups excluding carboxylic acids is 2. The lowest BCUT2D eigenvalue weighted by atomic mass is 9.85. The highest BCUT2D eigenvalue weighted by Gasteiger charge is 2.29. The summed E-state index contributed by atoms with van der Waals surface area (Å²) in [5.74, 6) is -4.18. The van der Waals surface area contributed by atoms with E-state index in [-0.39, 0.29) is 22.3 Å². The third-order valence-electron chi connectivity index (χ3n) is 9.65.